The van der Waals surface area contributed by atoms with Gasteiger partial charge in [0.05, 0.1) is 0 Å². The van der Waals surface area contributed by atoms with E-state index in [1.165, 1.54) is 0 Å². The first-order chi connectivity index (χ1) is 2.00. The second kappa shape index (κ2) is 41.4. The van der Waals surface area contributed by atoms with Crippen molar-refractivity contribution in [2.75, 3.05) is 0 Å². The molecule has 0 aliphatic rings. The van der Waals surface area contributed by atoms with E-state index in [2.05, 4.69) is 0 Å². The Morgan fingerprint density at radius 1 is 1.40 bits per heavy atom. The molecule has 0 aliphatic heterocycles. The molecule has 0 spiro atoms. The standard InChI is InChI=1S/2Al.FH.Na.O.4H/h;;1H;;;;;;/q;+1;;;;;;;/p-1. The summed E-state index contributed by atoms with van der Waals surface area (Å²) in [6, 6.07) is 0. The fraction of sp³-hybridized carbons (Fsp3) is 0. The summed E-state index contributed by atoms with van der Waals surface area (Å²) in [4.78, 5) is 0. The van der Waals surface area contributed by atoms with E-state index in [9.17, 15) is 3.52 Å². The SMILES string of the molecule is [F][AlH2].[NaH].[O]=[AlH]. The molecule has 0 N–H and O–H groups in total. The number of hydrogen-bond donors (Lipinski definition) is 0. The van der Waals surface area contributed by atoms with Crippen LogP contribution in [0.15, 0.2) is 0 Å². The van der Waals surface area contributed by atoms with Gasteiger partial charge < -0.3 is 3.52 Å². The Morgan fingerprint density at radius 2 is 1.40 bits per heavy atom. The third-order valence-corrected chi connectivity index (χ3v) is 0. The first-order valence-electron chi connectivity index (χ1n) is 0.667. The Labute approximate surface area is 69.1 Å². The van der Waals surface area contributed by atoms with Crippen molar-refractivity contribution in [2.45, 2.75) is 0 Å². The Kier molecular flexibility index (Phi) is 131. The van der Waals surface area contributed by atoms with Gasteiger partial charge in [0.15, 0.2) is 0 Å². The van der Waals surface area contributed by atoms with E-state index >= 15 is 0 Å². The van der Waals surface area contributed by atoms with E-state index in [1.54, 1.807) is 0 Å². The molecule has 0 heterocycles. The number of rotatable bonds is 0. The van der Waals surface area contributed by atoms with Crippen LogP contribution in [0.4, 0.5) is 3.52 Å². The van der Waals surface area contributed by atoms with Crippen LogP contribution in [-0.2, 0) is 3.80 Å². The predicted molar refractivity (Wildman–Crippen MR) is 24.6 cm³/mol. The second-order valence-corrected chi connectivity index (χ2v) is 0. The van der Waals surface area contributed by atoms with Crippen molar-refractivity contribution < 1.29 is 7.33 Å². The summed E-state index contributed by atoms with van der Waals surface area (Å²) in [5, 5.41) is 0. The molecular weight excluding hydrogens is 112 g/mol. The van der Waals surface area contributed by atoms with E-state index in [0.29, 0.717) is 16.2 Å². The quantitative estimate of drug-likeness (QED) is 0.337. The fourth-order valence-corrected chi connectivity index (χ4v) is 0. The normalized spacial score (nSPS) is 1.60. The Hall–Kier alpha value is 1.79. The van der Waals surface area contributed by atoms with Crippen LogP contribution in [0.25, 0.3) is 0 Å². The van der Waals surface area contributed by atoms with Crippen molar-refractivity contribution >= 4 is 62.5 Å². The summed E-state index contributed by atoms with van der Waals surface area (Å²) in [6.07, 6.45) is 0. The fourth-order valence-electron chi connectivity index (χ4n) is 0. The molecule has 0 atom stereocenters. The van der Waals surface area contributed by atoms with E-state index < -0.39 is 0 Å². The zero-order valence-electron chi connectivity index (χ0n) is 2.49. The molecule has 5 heteroatoms. The third-order valence-electron chi connectivity index (χ3n) is 0. The summed E-state index contributed by atoms with van der Waals surface area (Å²) in [6.45, 7) is 0. The first-order valence-corrected chi connectivity index (χ1v) is 2.00. The molecule has 0 saturated heterocycles. The topological polar surface area (TPSA) is 17.1 Å². The van der Waals surface area contributed by atoms with Crippen LogP contribution in [0.3, 0.4) is 0 Å². The third kappa shape index (κ3) is 25.9. The summed E-state index contributed by atoms with van der Waals surface area (Å²) < 4.78 is 17.9. The minimum atomic E-state index is -0.194. The molecule has 0 radical (unpaired) electrons. The van der Waals surface area contributed by atoms with Gasteiger partial charge in [-0.05, 0) is 0 Å². The van der Waals surface area contributed by atoms with Gasteiger partial charge in [-0.2, -0.15) is 0 Å². The summed E-state index contributed by atoms with van der Waals surface area (Å²) in [7, 11) is 0. The molecule has 0 aromatic heterocycles. The number of halogens is 1. The average molecular weight is 116 g/mol. The van der Waals surface area contributed by atoms with Gasteiger partial charge in [-0.1, -0.05) is 0 Å². The van der Waals surface area contributed by atoms with Gasteiger partial charge in [0, 0.05) is 0 Å². The predicted octanol–water partition coefficient (Wildman–Crippen LogP) is -1.91. The minimum absolute atomic E-state index is 0. The van der Waals surface area contributed by atoms with E-state index in [-0.39, 0.29) is 46.3 Å². The molecule has 0 unspecified atom stereocenters. The van der Waals surface area contributed by atoms with Crippen LogP contribution < -0.4 is 0 Å². The molecule has 0 saturated carbocycles. The van der Waals surface area contributed by atoms with E-state index in [0.717, 1.165) is 0 Å². The van der Waals surface area contributed by atoms with Crippen molar-refractivity contribution in [3.63, 3.8) is 0 Å². The average Bonchev–Trinajstić information content (AvgIpc) is 1.50. The van der Waals surface area contributed by atoms with Gasteiger partial charge in [0.2, 0.25) is 0 Å². The molecular formula is H4Al2FNaO. The van der Waals surface area contributed by atoms with Gasteiger partial charge in [-0.3, -0.25) is 0 Å². The monoisotopic (exact) mass is 116 g/mol. The van der Waals surface area contributed by atoms with Crippen LogP contribution >= 0.6 is 0 Å². The van der Waals surface area contributed by atoms with Gasteiger partial charge in [0.1, 0.15) is 0 Å². The molecule has 0 aromatic rings. The molecule has 0 amide bonds. The van der Waals surface area contributed by atoms with Crippen molar-refractivity contribution in [3.8, 4) is 0 Å². The Balaban J connectivity index is -0.0000000133. The molecule has 0 rings (SSSR count). The van der Waals surface area contributed by atoms with E-state index in [4.69, 9.17) is 3.80 Å². The molecule has 5 heavy (non-hydrogen) atoms. The van der Waals surface area contributed by atoms with Crippen molar-refractivity contribution in [3.05, 3.63) is 0 Å². The molecule has 0 bridgehead atoms. The van der Waals surface area contributed by atoms with E-state index in [1.807, 2.05) is 0 Å². The van der Waals surface area contributed by atoms with Crippen LogP contribution in [0, 0.1) is 0 Å². The molecule has 0 aliphatic carbocycles. The van der Waals surface area contributed by atoms with Crippen LogP contribution in [0.1, 0.15) is 0 Å². The summed E-state index contributed by atoms with van der Waals surface area (Å²) >= 11 is 0.417. The molecule has 0 fully saturated rings. The van der Waals surface area contributed by atoms with Crippen LogP contribution in [0.2, 0.25) is 0 Å². The summed E-state index contributed by atoms with van der Waals surface area (Å²) in [5.74, 6) is 0. The van der Waals surface area contributed by atoms with Crippen molar-refractivity contribution in [1.29, 1.82) is 0 Å². The van der Waals surface area contributed by atoms with Gasteiger partial charge in [-0.25, -0.2) is 0 Å². The first kappa shape index (κ1) is 15.8. The van der Waals surface area contributed by atoms with Crippen LogP contribution in [0.5, 0.6) is 0 Å². The molecule has 24 valence electrons. The number of hydrogen-bond acceptors (Lipinski definition) is 1. The Bertz CT molecular complexity index is 9.61. The van der Waals surface area contributed by atoms with Gasteiger partial charge in [-0.15, -0.1) is 0 Å². The van der Waals surface area contributed by atoms with Gasteiger partial charge >= 0.3 is 66.3 Å². The zero-order chi connectivity index (χ0) is 4.00. The maximum absolute atomic E-state index is 9.64. The second-order valence-electron chi connectivity index (χ2n) is 0. The van der Waals surface area contributed by atoms with Gasteiger partial charge in [0.25, 0.3) is 0 Å². The van der Waals surface area contributed by atoms with Crippen LogP contribution in [-0.4, -0.2) is 62.5 Å². The maximum atomic E-state index is 9.64. The molecule has 1 nitrogen and oxygen atoms in total. The van der Waals surface area contributed by atoms with Crippen molar-refractivity contribution in [2.24, 2.45) is 0 Å². The molecule has 0 aromatic carbocycles. The zero-order valence-corrected chi connectivity index (χ0v) is 5.91. The summed E-state index contributed by atoms with van der Waals surface area (Å²) in [5.41, 5.74) is 0. The Morgan fingerprint density at radius 3 is 1.40 bits per heavy atom. The van der Waals surface area contributed by atoms with Crippen molar-refractivity contribution in [1.82, 2.24) is 0 Å².